The Bertz CT molecular complexity index is 385. The highest BCUT2D eigenvalue weighted by Gasteiger charge is 2.65. The highest BCUT2D eigenvalue weighted by Crippen LogP contribution is 2.67. The van der Waals surface area contributed by atoms with E-state index in [1.807, 2.05) is 6.92 Å². The highest BCUT2D eigenvalue weighted by molar-refractivity contribution is 5.87. The lowest BCUT2D eigenvalue weighted by Crippen LogP contribution is -2.64. The smallest absolute Gasteiger partial charge is 0.302 e. The van der Waals surface area contributed by atoms with Crippen LogP contribution in [0, 0.1) is 28.6 Å². The number of hydrogen-bond donors (Lipinski definition) is 0. The van der Waals surface area contributed by atoms with Crippen molar-refractivity contribution in [3.8, 4) is 0 Å². The molecule has 3 aliphatic carbocycles. The summed E-state index contributed by atoms with van der Waals surface area (Å²) >= 11 is 0. The van der Waals surface area contributed by atoms with Crippen LogP contribution in [0.15, 0.2) is 0 Å². The summed E-state index contributed by atoms with van der Waals surface area (Å²) in [6.07, 6.45) is 1.81. The molecule has 18 heavy (non-hydrogen) atoms. The van der Waals surface area contributed by atoms with Gasteiger partial charge in [-0.05, 0) is 29.6 Å². The summed E-state index contributed by atoms with van der Waals surface area (Å²) in [6.45, 7) is 10.5. The molecule has 0 spiro atoms. The maximum atomic E-state index is 12.4. The van der Waals surface area contributed by atoms with Gasteiger partial charge in [-0.25, -0.2) is 0 Å². The van der Waals surface area contributed by atoms with Gasteiger partial charge in [0.05, 0.1) is 6.61 Å². The van der Waals surface area contributed by atoms with Crippen LogP contribution in [0.25, 0.3) is 0 Å². The zero-order valence-electron chi connectivity index (χ0n) is 12.1. The predicted octanol–water partition coefficient (Wildman–Crippen LogP) is 2.83. The Kier molecular flexibility index (Phi) is 3.07. The van der Waals surface area contributed by atoms with Crippen LogP contribution in [0.2, 0.25) is 0 Å². The zero-order chi connectivity index (χ0) is 13.7. The Balaban J connectivity index is 2.14. The summed E-state index contributed by atoms with van der Waals surface area (Å²) in [5.74, 6) is 1.08. The molecule has 2 bridgehead atoms. The van der Waals surface area contributed by atoms with E-state index in [9.17, 15) is 9.59 Å². The van der Waals surface area contributed by atoms with E-state index in [0.29, 0.717) is 18.3 Å². The second-order valence-electron chi connectivity index (χ2n) is 6.88. The molecule has 3 rings (SSSR count). The number of carbonyl (C=O) groups is 2. The minimum Gasteiger partial charge on any atom is -0.466 e. The average Bonchev–Trinajstić information content (AvgIpc) is 2.24. The molecule has 0 unspecified atom stereocenters. The molecule has 0 aromatic carbocycles. The molecule has 0 aliphatic heterocycles. The minimum atomic E-state index is -0.237. The van der Waals surface area contributed by atoms with Crippen molar-refractivity contribution in [3.05, 3.63) is 0 Å². The second kappa shape index (κ2) is 4.07. The molecule has 0 saturated heterocycles. The second-order valence-corrected chi connectivity index (χ2v) is 6.88. The van der Waals surface area contributed by atoms with E-state index in [-0.39, 0.29) is 28.6 Å². The summed E-state index contributed by atoms with van der Waals surface area (Å²) in [7, 11) is 0. The first-order valence-corrected chi connectivity index (χ1v) is 6.88. The molecule has 0 radical (unpaired) electrons. The molecule has 0 aromatic heterocycles. The summed E-state index contributed by atoms with van der Waals surface area (Å²) < 4.78 is 5.08. The fraction of sp³-hybridized carbons (Fsp3) is 0.867. The summed E-state index contributed by atoms with van der Waals surface area (Å²) in [4.78, 5) is 23.2. The van der Waals surface area contributed by atoms with E-state index in [2.05, 4.69) is 20.8 Å². The van der Waals surface area contributed by atoms with Crippen LogP contribution < -0.4 is 0 Å². The van der Waals surface area contributed by atoms with Crippen molar-refractivity contribution in [1.82, 2.24) is 0 Å². The molecular formula is C15H24O3. The van der Waals surface area contributed by atoms with Crippen molar-refractivity contribution in [2.75, 3.05) is 6.61 Å². The molecule has 0 amide bonds. The largest absolute Gasteiger partial charge is 0.466 e. The van der Waals surface area contributed by atoms with Gasteiger partial charge in [-0.2, -0.15) is 0 Å². The van der Waals surface area contributed by atoms with Crippen LogP contribution in [0.5, 0.6) is 0 Å². The number of esters is 1. The SMILES string of the molecule is CC(=O)OCC[C@]1(C)[C@@H]2C[C@H](C(=O)[C@@H]1C)C2(C)C. The molecule has 3 fully saturated rings. The number of carbonyl (C=O) groups excluding carboxylic acids is 2. The third kappa shape index (κ3) is 1.70. The lowest BCUT2D eigenvalue weighted by molar-refractivity contribution is -0.191. The van der Waals surface area contributed by atoms with Crippen molar-refractivity contribution in [1.29, 1.82) is 0 Å². The van der Waals surface area contributed by atoms with Gasteiger partial charge in [0, 0.05) is 18.8 Å². The van der Waals surface area contributed by atoms with Crippen LogP contribution in [-0.2, 0) is 14.3 Å². The van der Waals surface area contributed by atoms with E-state index in [1.54, 1.807) is 0 Å². The number of hydrogen-bond acceptors (Lipinski definition) is 3. The quantitative estimate of drug-likeness (QED) is 0.725. The van der Waals surface area contributed by atoms with Gasteiger partial charge in [0.25, 0.3) is 0 Å². The monoisotopic (exact) mass is 252 g/mol. The number of rotatable bonds is 3. The predicted molar refractivity (Wildman–Crippen MR) is 68.9 cm³/mol. The molecule has 0 N–H and O–H groups in total. The molecule has 3 heteroatoms. The molecule has 4 atom stereocenters. The molecule has 3 nitrogen and oxygen atoms in total. The molecule has 102 valence electrons. The Morgan fingerprint density at radius 2 is 2.00 bits per heavy atom. The number of ketones is 1. The average molecular weight is 252 g/mol. The van der Waals surface area contributed by atoms with Gasteiger partial charge in [0.2, 0.25) is 0 Å². The first-order chi connectivity index (χ1) is 8.21. The van der Waals surface area contributed by atoms with Gasteiger partial charge in [-0.3, -0.25) is 9.59 Å². The lowest BCUT2D eigenvalue weighted by atomic mass is 9.37. The maximum Gasteiger partial charge on any atom is 0.302 e. The topological polar surface area (TPSA) is 43.4 Å². The van der Waals surface area contributed by atoms with Crippen LogP contribution in [0.3, 0.4) is 0 Å². The number of ether oxygens (including phenoxy) is 1. The first-order valence-electron chi connectivity index (χ1n) is 6.88. The van der Waals surface area contributed by atoms with Crippen molar-refractivity contribution in [2.24, 2.45) is 28.6 Å². The van der Waals surface area contributed by atoms with E-state index in [4.69, 9.17) is 4.74 Å². The minimum absolute atomic E-state index is 0.0230. The Morgan fingerprint density at radius 3 is 2.50 bits per heavy atom. The zero-order valence-corrected chi connectivity index (χ0v) is 12.1. The Hall–Kier alpha value is -0.860. The van der Waals surface area contributed by atoms with Crippen LogP contribution in [0.4, 0.5) is 0 Å². The van der Waals surface area contributed by atoms with Crippen molar-refractivity contribution >= 4 is 11.8 Å². The van der Waals surface area contributed by atoms with Crippen molar-refractivity contribution in [3.63, 3.8) is 0 Å². The Morgan fingerprint density at radius 1 is 1.39 bits per heavy atom. The van der Waals surface area contributed by atoms with Gasteiger partial charge in [0.1, 0.15) is 5.78 Å². The third-order valence-corrected chi connectivity index (χ3v) is 5.77. The fourth-order valence-electron chi connectivity index (χ4n) is 4.26. The Labute approximate surface area is 109 Å². The summed E-state index contributed by atoms with van der Waals surface area (Å²) in [6, 6.07) is 0. The summed E-state index contributed by atoms with van der Waals surface area (Å²) in [5, 5.41) is 0. The molecule has 3 aliphatic rings. The van der Waals surface area contributed by atoms with Crippen LogP contribution >= 0.6 is 0 Å². The third-order valence-electron chi connectivity index (χ3n) is 5.77. The summed E-state index contributed by atoms with van der Waals surface area (Å²) in [5.41, 5.74) is 0.0966. The molecule has 0 aromatic rings. The number of fused-ring (bicyclic) bond motifs is 2. The standard InChI is InChI=1S/C15H24O3/c1-9-13(17)11-8-12(14(11,3)4)15(9,5)6-7-18-10(2)16/h9,11-12H,6-8H2,1-5H3/t9-,11+,12+,15-/m0/s1. The van der Waals surface area contributed by atoms with E-state index in [1.165, 1.54) is 6.92 Å². The van der Waals surface area contributed by atoms with Gasteiger partial charge >= 0.3 is 5.97 Å². The molecule has 3 saturated carbocycles. The highest BCUT2D eigenvalue weighted by atomic mass is 16.5. The van der Waals surface area contributed by atoms with E-state index < -0.39 is 0 Å². The van der Waals surface area contributed by atoms with Crippen molar-refractivity contribution < 1.29 is 14.3 Å². The van der Waals surface area contributed by atoms with Crippen LogP contribution in [0.1, 0.15) is 47.5 Å². The normalized spacial score (nSPS) is 41.2. The van der Waals surface area contributed by atoms with E-state index in [0.717, 1.165) is 12.8 Å². The van der Waals surface area contributed by atoms with Gasteiger partial charge in [-0.1, -0.05) is 27.7 Å². The lowest BCUT2D eigenvalue weighted by Gasteiger charge is -2.65. The van der Waals surface area contributed by atoms with Crippen molar-refractivity contribution in [2.45, 2.75) is 47.5 Å². The molecular weight excluding hydrogens is 228 g/mol. The van der Waals surface area contributed by atoms with Crippen LogP contribution in [-0.4, -0.2) is 18.4 Å². The van der Waals surface area contributed by atoms with Gasteiger partial charge in [0.15, 0.2) is 0 Å². The van der Waals surface area contributed by atoms with Gasteiger partial charge < -0.3 is 4.74 Å². The van der Waals surface area contributed by atoms with Gasteiger partial charge in [-0.15, -0.1) is 0 Å². The fourth-order valence-corrected chi connectivity index (χ4v) is 4.26. The maximum absolute atomic E-state index is 12.4. The molecule has 0 heterocycles. The first kappa shape index (κ1) is 13.6. The van der Waals surface area contributed by atoms with E-state index >= 15 is 0 Å². The number of Topliss-reactive ketones (excluding diaryl/α,β-unsaturated/α-hetero) is 1.